The van der Waals surface area contributed by atoms with Crippen molar-refractivity contribution in [3.8, 4) is 5.69 Å². The van der Waals surface area contributed by atoms with Crippen LogP contribution in [0.3, 0.4) is 0 Å². The van der Waals surface area contributed by atoms with E-state index in [2.05, 4.69) is 5.32 Å². The molecule has 1 aromatic heterocycles. The number of nitro benzene ring substituents is 1. The summed E-state index contributed by atoms with van der Waals surface area (Å²) in [6.07, 6.45) is 3.53. The van der Waals surface area contributed by atoms with Crippen molar-refractivity contribution in [1.29, 1.82) is 0 Å². The third-order valence-electron chi connectivity index (χ3n) is 4.30. The molecule has 28 heavy (non-hydrogen) atoms. The van der Waals surface area contributed by atoms with Crippen LogP contribution < -0.4 is 10.2 Å². The van der Waals surface area contributed by atoms with Gasteiger partial charge in [-0.2, -0.15) is 0 Å². The van der Waals surface area contributed by atoms with Crippen molar-refractivity contribution in [2.45, 2.75) is 0 Å². The molecule has 0 unspecified atom stereocenters. The Kier molecular flexibility index (Phi) is 4.46. The van der Waals surface area contributed by atoms with Gasteiger partial charge < -0.3 is 9.88 Å². The van der Waals surface area contributed by atoms with Gasteiger partial charge in [-0.1, -0.05) is 18.2 Å². The molecule has 8 heteroatoms. The Balaban J connectivity index is 1.66. The van der Waals surface area contributed by atoms with Crippen molar-refractivity contribution in [3.63, 3.8) is 0 Å². The lowest BCUT2D eigenvalue weighted by Gasteiger charge is -2.13. The van der Waals surface area contributed by atoms with Gasteiger partial charge in [0.1, 0.15) is 5.70 Å². The number of carbonyl (C=O) groups is 1. The number of nitrogens with one attached hydrogen (secondary N) is 1. The lowest BCUT2D eigenvalue weighted by Crippen LogP contribution is -2.30. The summed E-state index contributed by atoms with van der Waals surface area (Å²) < 4.78 is 1.83. The maximum atomic E-state index is 12.8. The van der Waals surface area contributed by atoms with Gasteiger partial charge in [0, 0.05) is 29.7 Å². The van der Waals surface area contributed by atoms with Gasteiger partial charge in [0.05, 0.1) is 10.6 Å². The molecule has 2 aromatic carbocycles. The summed E-state index contributed by atoms with van der Waals surface area (Å²) in [6, 6.07) is 19.1. The highest BCUT2D eigenvalue weighted by Crippen LogP contribution is 2.23. The summed E-state index contributed by atoms with van der Waals surface area (Å²) in [4.78, 5) is 24.7. The number of nitro groups is 1. The van der Waals surface area contributed by atoms with Gasteiger partial charge in [0.2, 0.25) is 0 Å². The van der Waals surface area contributed by atoms with E-state index >= 15 is 0 Å². The molecule has 1 aliphatic heterocycles. The number of carbonyl (C=O) groups excluding carboxylic acids is 1. The Morgan fingerprint density at radius 1 is 0.964 bits per heavy atom. The minimum Gasteiger partial charge on any atom is -0.327 e. The lowest BCUT2D eigenvalue weighted by molar-refractivity contribution is -0.384. The fourth-order valence-electron chi connectivity index (χ4n) is 2.98. The quantitative estimate of drug-likeness (QED) is 0.318. The van der Waals surface area contributed by atoms with Gasteiger partial charge in [-0.25, -0.2) is 0 Å². The molecule has 1 amide bonds. The number of rotatable bonds is 4. The average Bonchev–Trinajstić information content (AvgIpc) is 3.27. The van der Waals surface area contributed by atoms with Crippen LogP contribution in [0.15, 0.2) is 78.6 Å². The highest BCUT2D eigenvalue weighted by molar-refractivity contribution is 7.80. The van der Waals surface area contributed by atoms with Gasteiger partial charge in [0.25, 0.3) is 11.6 Å². The zero-order valence-electron chi connectivity index (χ0n) is 14.5. The van der Waals surface area contributed by atoms with Crippen LogP contribution in [0.4, 0.5) is 11.4 Å². The predicted octanol–water partition coefficient (Wildman–Crippen LogP) is 3.65. The number of aromatic nitrogens is 1. The molecule has 2 heterocycles. The van der Waals surface area contributed by atoms with Crippen molar-refractivity contribution >= 4 is 40.7 Å². The van der Waals surface area contributed by atoms with Gasteiger partial charge in [0.15, 0.2) is 5.11 Å². The number of amides is 1. The van der Waals surface area contributed by atoms with Crippen LogP contribution in [0.5, 0.6) is 0 Å². The summed E-state index contributed by atoms with van der Waals surface area (Å²) in [6.45, 7) is 0. The number of para-hydroxylation sites is 1. The number of non-ortho nitro benzene ring substituents is 1. The van der Waals surface area contributed by atoms with E-state index in [1.165, 1.54) is 17.0 Å². The fourth-order valence-corrected chi connectivity index (χ4v) is 3.27. The molecule has 1 aliphatic rings. The molecular formula is C20H14N4O3S. The van der Waals surface area contributed by atoms with E-state index in [0.29, 0.717) is 16.5 Å². The number of hydrogen-bond acceptors (Lipinski definition) is 4. The first-order valence-corrected chi connectivity index (χ1v) is 8.80. The van der Waals surface area contributed by atoms with Crippen LogP contribution in [-0.2, 0) is 4.79 Å². The van der Waals surface area contributed by atoms with Crippen molar-refractivity contribution in [3.05, 3.63) is 94.4 Å². The topological polar surface area (TPSA) is 80.4 Å². The molecule has 3 aromatic rings. The molecule has 138 valence electrons. The lowest BCUT2D eigenvalue weighted by atomic mass is 10.2. The molecule has 0 spiro atoms. The first kappa shape index (κ1) is 17.6. The van der Waals surface area contributed by atoms with Gasteiger partial charge in [-0.3, -0.25) is 19.8 Å². The second-order valence-corrected chi connectivity index (χ2v) is 6.43. The first-order chi connectivity index (χ1) is 13.5. The third kappa shape index (κ3) is 3.17. The molecule has 0 saturated carbocycles. The molecular weight excluding hydrogens is 376 g/mol. The molecule has 0 atom stereocenters. The summed E-state index contributed by atoms with van der Waals surface area (Å²) in [5.41, 5.74) is 2.56. The van der Waals surface area contributed by atoms with Crippen LogP contribution in [0.25, 0.3) is 11.8 Å². The van der Waals surface area contributed by atoms with Crippen molar-refractivity contribution in [2.75, 3.05) is 4.90 Å². The minimum absolute atomic E-state index is 0.0206. The zero-order chi connectivity index (χ0) is 19.7. The number of thiocarbonyl (C=S) groups is 1. The molecule has 1 saturated heterocycles. The van der Waals surface area contributed by atoms with E-state index in [0.717, 1.165) is 11.4 Å². The van der Waals surface area contributed by atoms with E-state index in [4.69, 9.17) is 12.2 Å². The van der Waals surface area contributed by atoms with E-state index < -0.39 is 4.92 Å². The van der Waals surface area contributed by atoms with E-state index in [1.54, 1.807) is 18.2 Å². The molecule has 0 aliphatic carbocycles. The Labute approximate surface area is 165 Å². The van der Waals surface area contributed by atoms with E-state index in [-0.39, 0.29) is 11.6 Å². The molecule has 1 fully saturated rings. The first-order valence-electron chi connectivity index (χ1n) is 8.39. The van der Waals surface area contributed by atoms with Crippen LogP contribution >= 0.6 is 12.2 Å². The van der Waals surface area contributed by atoms with Crippen molar-refractivity contribution in [2.24, 2.45) is 0 Å². The predicted molar refractivity (Wildman–Crippen MR) is 110 cm³/mol. The molecule has 4 rings (SSSR count). The monoisotopic (exact) mass is 390 g/mol. The van der Waals surface area contributed by atoms with E-state index in [9.17, 15) is 14.9 Å². The summed E-state index contributed by atoms with van der Waals surface area (Å²) >= 11 is 5.32. The zero-order valence-corrected chi connectivity index (χ0v) is 15.3. The third-order valence-corrected chi connectivity index (χ3v) is 4.59. The van der Waals surface area contributed by atoms with Crippen LogP contribution in [0.1, 0.15) is 5.69 Å². The number of hydrogen-bond donors (Lipinski definition) is 1. The number of anilines is 1. The van der Waals surface area contributed by atoms with Crippen LogP contribution in [-0.4, -0.2) is 20.5 Å². The summed E-state index contributed by atoms with van der Waals surface area (Å²) in [5.74, 6) is -0.243. The molecule has 1 N–H and O–H groups in total. The van der Waals surface area contributed by atoms with Crippen LogP contribution in [0, 0.1) is 10.1 Å². The highest BCUT2D eigenvalue weighted by atomic mass is 32.1. The highest BCUT2D eigenvalue weighted by Gasteiger charge is 2.32. The Hall–Kier alpha value is -3.78. The SMILES string of the molecule is O=C1/C(=C\c2cccn2-c2ccc([N+](=O)[O-])cc2)NC(=S)N1c1ccccc1. The van der Waals surface area contributed by atoms with Crippen LogP contribution in [0.2, 0.25) is 0 Å². The number of benzene rings is 2. The maximum Gasteiger partial charge on any atom is 0.281 e. The summed E-state index contributed by atoms with van der Waals surface area (Å²) in [7, 11) is 0. The Morgan fingerprint density at radius 3 is 2.36 bits per heavy atom. The van der Waals surface area contributed by atoms with E-state index in [1.807, 2.05) is 53.2 Å². The molecule has 7 nitrogen and oxygen atoms in total. The number of nitrogens with zero attached hydrogens (tertiary/aromatic N) is 3. The van der Waals surface area contributed by atoms with Gasteiger partial charge >= 0.3 is 0 Å². The summed E-state index contributed by atoms with van der Waals surface area (Å²) in [5, 5.41) is 14.1. The Bertz CT molecular complexity index is 1100. The normalized spacial score (nSPS) is 15.1. The smallest absolute Gasteiger partial charge is 0.281 e. The molecule has 0 radical (unpaired) electrons. The maximum absolute atomic E-state index is 12.8. The standard InChI is InChI=1S/C20H14N4O3S/c25-19-18(21-20(28)23(19)15-5-2-1-3-6-15)13-17-7-4-12-22(17)14-8-10-16(11-9-14)24(26)27/h1-13H,(H,21,28)/b18-13+. The van der Waals surface area contributed by atoms with Gasteiger partial charge in [-0.05, 0) is 54.7 Å². The van der Waals surface area contributed by atoms with Gasteiger partial charge in [-0.15, -0.1) is 0 Å². The minimum atomic E-state index is -0.442. The molecule has 0 bridgehead atoms. The largest absolute Gasteiger partial charge is 0.327 e. The second-order valence-electron chi connectivity index (χ2n) is 6.04. The second kappa shape index (κ2) is 7.09. The fraction of sp³-hybridized carbons (Fsp3) is 0. The van der Waals surface area contributed by atoms with Crippen molar-refractivity contribution in [1.82, 2.24) is 9.88 Å². The van der Waals surface area contributed by atoms with Crippen molar-refractivity contribution < 1.29 is 9.72 Å². The average molecular weight is 390 g/mol. The Morgan fingerprint density at radius 2 is 1.68 bits per heavy atom.